The number of amides is 1. The first-order chi connectivity index (χ1) is 10.00. The van der Waals surface area contributed by atoms with Gasteiger partial charge in [0.25, 0.3) is 0 Å². The highest BCUT2D eigenvalue weighted by Gasteiger charge is 2.20. The molecule has 0 unspecified atom stereocenters. The highest BCUT2D eigenvalue weighted by Crippen LogP contribution is 2.16. The Morgan fingerprint density at radius 3 is 2.41 bits per heavy atom. The standard InChI is InChI=1S/C14H21N3O3S.ClH/c1-2-21(19,20)17-12-8-6-11(7-9-12)16-14(18)13-5-3-4-10-15-13;/h6-9,13,15,17H,2-5,10H2,1H3,(H,16,18);1H/t13-;/m1./s1. The van der Waals surface area contributed by atoms with Gasteiger partial charge in [-0.15, -0.1) is 12.4 Å². The lowest BCUT2D eigenvalue weighted by atomic mass is 10.0. The number of carbonyl (C=O) groups is 1. The molecule has 8 heteroatoms. The Morgan fingerprint density at radius 1 is 1.23 bits per heavy atom. The number of nitrogens with one attached hydrogen (secondary N) is 3. The lowest BCUT2D eigenvalue weighted by molar-refractivity contribution is -0.118. The van der Waals surface area contributed by atoms with Crippen LogP contribution in [0.4, 0.5) is 11.4 Å². The number of hydrogen-bond acceptors (Lipinski definition) is 4. The third-order valence-electron chi connectivity index (χ3n) is 3.43. The Morgan fingerprint density at radius 2 is 1.86 bits per heavy atom. The Balaban J connectivity index is 0.00000242. The zero-order chi connectivity index (χ0) is 15.3. The summed E-state index contributed by atoms with van der Waals surface area (Å²) in [7, 11) is -3.27. The van der Waals surface area contributed by atoms with Crippen molar-refractivity contribution in [1.29, 1.82) is 0 Å². The molecule has 1 aliphatic rings. The Hall–Kier alpha value is -1.31. The van der Waals surface area contributed by atoms with E-state index in [-0.39, 0.29) is 30.1 Å². The van der Waals surface area contributed by atoms with Crippen molar-refractivity contribution >= 4 is 39.7 Å². The van der Waals surface area contributed by atoms with Crippen LogP contribution in [0.25, 0.3) is 0 Å². The number of piperidine rings is 1. The van der Waals surface area contributed by atoms with Gasteiger partial charge < -0.3 is 10.6 Å². The second-order valence-electron chi connectivity index (χ2n) is 5.07. The first kappa shape index (κ1) is 18.7. The molecule has 6 nitrogen and oxygen atoms in total. The molecule has 2 rings (SSSR count). The van der Waals surface area contributed by atoms with Crippen molar-refractivity contribution < 1.29 is 13.2 Å². The number of rotatable bonds is 5. The van der Waals surface area contributed by atoms with Crippen molar-refractivity contribution in [3.05, 3.63) is 24.3 Å². The van der Waals surface area contributed by atoms with Crippen LogP contribution in [-0.2, 0) is 14.8 Å². The normalized spacial score (nSPS) is 18.1. The SMILES string of the molecule is CCS(=O)(=O)Nc1ccc(NC(=O)[C@H]2CCCCN2)cc1.Cl. The Bertz CT molecular complexity index is 584. The molecule has 1 amide bonds. The minimum Gasteiger partial charge on any atom is -0.325 e. The summed E-state index contributed by atoms with van der Waals surface area (Å²) in [5.41, 5.74) is 1.15. The van der Waals surface area contributed by atoms with Crippen molar-refractivity contribution in [3.63, 3.8) is 0 Å². The second-order valence-corrected chi connectivity index (χ2v) is 7.09. The molecule has 1 heterocycles. The van der Waals surface area contributed by atoms with Gasteiger partial charge in [0.15, 0.2) is 0 Å². The molecule has 1 aromatic carbocycles. The summed E-state index contributed by atoms with van der Waals surface area (Å²) in [5, 5.41) is 6.02. The molecule has 0 saturated carbocycles. The minimum atomic E-state index is -3.27. The molecule has 22 heavy (non-hydrogen) atoms. The van der Waals surface area contributed by atoms with Gasteiger partial charge in [-0.05, 0) is 50.6 Å². The van der Waals surface area contributed by atoms with E-state index in [9.17, 15) is 13.2 Å². The minimum absolute atomic E-state index is 0. The molecular formula is C14H22ClN3O3S. The third-order valence-corrected chi connectivity index (χ3v) is 4.74. The zero-order valence-electron chi connectivity index (χ0n) is 12.5. The molecule has 0 radical (unpaired) electrons. The van der Waals surface area contributed by atoms with Crippen LogP contribution in [-0.4, -0.2) is 32.7 Å². The van der Waals surface area contributed by atoms with Crippen molar-refractivity contribution in [1.82, 2.24) is 5.32 Å². The van der Waals surface area contributed by atoms with E-state index in [1.807, 2.05) is 0 Å². The second kappa shape index (κ2) is 8.36. The van der Waals surface area contributed by atoms with Crippen molar-refractivity contribution in [2.24, 2.45) is 0 Å². The molecule has 0 bridgehead atoms. The summed E-state index contributed by atoms with van der Waals surface area (Å²) in [4.78, 5) is 12.0. The van der Waals surface area contributed by atoms with Gasteiger partial charge in [0, 0.05) is 11.4 Å². The molecule has 3 N–H and O–H groups in total. The van der Waals surface area contributed by atoms with Crippen LogP contribution in [0, 0.1) is 0 Å². The lowest BCUT2D eigenvalue weighted by Crippen LogP contribution is -2.43. The van der Waals surface area contributed by atoms with Gasteiger partial charge in [-0.2, -0.15) is 0 Å². The summed E-state index contributed by atoms with van der Waals surface area (Å²) in [6.07, 6.45) is 3.01. The molecule has 1 saturated heterocycles. The maximum absolute atomic E-state index is 12.0. The van der Waals surface area contributed by atoms with Crippen LogP contribution < -0.4 is 15.4 Å². The van der Waals surface area contributed by atoms with Crippen LogP contribution in [0.2, 0.25) is 0 Å². The highest BCUT2D eigenvalue weighted by atomic mass is 35.5. The maximum atomic E-state index is 12.0. The van der Waals surface area contributed by atoms with E-state index in [2.05, 4.69) is 15.4 Å². The maximum Gasteiger partial charge on any atom is 0.241 e. The fraction of sp³-hybridized carbons (Fsp3) is 0.500. The fourth-order valence-corrected chi connectivity index (χ4v) is 2.82. The highest BCUT2D eigenvalue weighted by molar-refractivity contribution is 7.92. The molecule has 1 aliphatic heterocycles. The Labute approximate surface area is 137 Å². The monoisotopic (exact) mass is 347 g/mol. The predicted octanol–water partition coefficient (Wildman–Crippen LogP) is 1.95. The number of anilines is 2. The van der Waals surface area contributed by atoms with Crippen LogP contribution in [0.15, 0.2) is 24.3 Å². The van der Waals surface area contributed by atoms with Crippen molar-refractivity contribution in [3.8, 4) is 0 Å². The van der Waals surface area contributed by atoms with E-state index < -0.39 is 10.0 Å². The summed E-state index contributed by atoms with van der Waals surface area (Å²) < 4.78 is 25.4. The van der Waals surface area contributed by atoms with Crippen LogP contribution in [0.3, 0.4) is 0 Å². The first-order valence-electron chi connectivity index (χ1n) is 7.15. The molecule has 124 valence electrons. The average molecular weight is 348 g/mol. The molecule has 0 aromatic heterocycles. The van der Waals surface area contributed by atoms with E-state index in [1.54, 1.807) is 31.2 Å². The van der Waals surface area contributed by atoms with Gasteiger partial charge in [0.2, 0.25) is 15.9 Å². The quantitative estimate of drug-likeness (QED) is 0.759. The summed E-state index contributed by atoms with van der Waals surface area (Å²) in [6, 6.07) is 6.51. The van der Waals surface area contributed by atoms with Crippen LogP contribution in [0.5, 0.6) is 0 Å². The molecule has 0 aliphatic carbocycles. The summed E-state index contributed by atoms with van der Waals surface area (Å²) in [6.45, 7) is 2.45. The van der Waals surface area contributed by atoms with E-state index in [0.29, 0.717) is 11.4 Å². The lowest BCUT2D eigenvalue weighted by Gasteiger charge is -2.22. The smallest absolute Gasteiger partial charge is 0.241 e. The average Bonchev–Trinajstić information content (AvgIpc) is 2.50. The molecule has 1 atom stereocenters. The van der Waals surface area contributed by atoms with E-state index in [1.165, 1.54) is 0 Å². The van der Waals surface area contributed by atoms with E-state index in [0.717, 1.165) is 25.8 Å². The van der Waals surface area contributed by atoms with Gasteiger partial charge in [-0.25, -0.2) is 8.42 Å². The number of halogens is 1. The van der Waals surface area contributed by atoms with Gasteiger partial charge >= 0.3 is 0 Å². The van der Waals surface area contributed by atoms with Gasteiger partial charge in [-0.1, -0.05) is 6.42 Å². The van der Waals surface area contributed by atoms with Crippen molar-refractivity contribution in [2.45, 2.75) is 32.2 Å². The fourth-order valence-electron chi connectivity index (χ4n) is 2.18. The van der Waals surface area contributed by atoms with E-state index >= 15 is 0 Å². The number of sulfonamides is 1. The molecular weight excluding hydrogens is 326 g/mol. The molecule has 0 spiro atoms. The van der Waals surface area contributed by atoms with Gasteiger partial charge in [0.05, 0.1) is 11.8 Å². The summed E-state index contributed by atoms with van der Waals surface area (Å²) >= 11 is 0. The van der Waals surface area contributed by atoms with Crippen LogP contribution in [0.1, 0.15) is 26.2 Å². The molecule has 1 aromatic rings. The number of carbonyl (C=O) groups excluding carboxylic acids is 1. The number of hydrogen-bond donors (Lipinski definition) is 3. The topological polar surface area (TPSA) is 87.3 Å². The van der Waals surface area contributed by atoms with E-state index in [4.69, 9.17) is 0 Å². The van der Waals surface area contributed by atoms with Crippen molar-refractivity contribution in [2.75, 3.05) is 22.3 Å². The summed E-state index contributed by atoms with van der Waals surface area (Å²) in [5.74, 6) is -0.0182. The zero-order valence-corrected chi connectivity index (χ0v) is 14.1. The first-order valence-corrected chi connectivity index (χ1v) is 8.80. The van der Waals surface area contributed by atoms with Crippen LogP contribution >= 0.6 is 12.4 Å². The predicted molar refractivity (Wildman–Crippen MR) is 91.0 cm³/mol. The number of benzene rings is 1. The Kier molecular flexibility index (Phi) is 7.12. The van der Waals surface area contributed by atoms with Gasteiger partial charge in [-0.3, -0.25) is 9.52 Å². The third kappa shape index (κ3) is 5.47. The largest absolute Gasteiger partial charge is 0.325 e. The molecule has 1 fully saturated rings. The van der Waals surface area contributed by atoms with Gasteiger partial charge in [0.1, 0.15) is 0 Å².